The number of amides is 1. The summed E-state index contributed by atoms with van der Waals surface area (Å²) >= 11 is 6.09. The maximum atomic E-state index is 13.1. The van der Waals surface area contributed by atoms with Crippen molar-refractivity contribution in [3.05, 3.63) is 100 Å². The summed E-state index contributed by atoms with van der Waals surface area (Å²) in [6, 6.07) is 22.0. The lowest BCUT2D eigenvalue weighted by molar-refractivity contribution is -0.120. The Morgan fingerprint density at radius 3 is 2.26 bits per heavy atom. The summed E-state index contributed by atoms with van der Waals surface area (Å²) < 4.78 is 26.1. The van der Waals surface area contributed by atoms with Crippen LogP contribution in [0.4, 0.5) is 5.69 Å². The van der Waals surface area contributed by atoms with Gasteiger partial charge < -0.3 is 5.32 Å². The molecule has 0 spiro atoms. The molecule has 0 fully saturated rings. The van der Waals surface area contributed by atoms with Gasteiger partial charge in [0.05, 0.1) is 18.0 Å². The van der Waals surface area contributed by atoms with Crippen LogP contribution in [0.1, 0.15) is 28.3 Å². The van der Waals surface area contributed by atoms with Crippen molar-refractivity contribution in [2.45, 2.75) is 19.9 Å². The van der Waals surface area contributed by atoms with Crippen LogP contribution >= 0.6 is 11.6 Å². The molecule has 1 N–H and O–H groups in total. The lowest BCUT2D eigenvalue weighted by Crippen LogP contribution is -2.42. The van der Waals surface area contributed by atoms with E-state index in [9.17, 15) is 13.2 Å². The molecule has 0 aliphatic rings. The number of rotatable bonds is 7. The minimum absolute atomic E-state index is 0.352. The second kappa shape index (κ2) is 9.54. The van der Waals surface area contributed by atoms with Gasteiger partial charge in [0.15, 0.2) is 0 Å². The molecule has 0 aromatic heterocycles. The number of sulfonamides is 1. The Morgan fingerprint density at radius 1 is 0.968 bits per heavy atom. The van der Waals surface area contributed by atoms with Gasteiger partial charge in [0.2, 0.25) is 15.9 Å². The third kappa shape index (κ3) is 5.66. The average molecular weight is 457 g/mol. The standard InChI is InChI=1S/C24H25ClN2O3S/c1-17-9-7-8-12-21(17)24(19-10-5-4-6-11-19)26-23(28)16-27(31(3,29)30)22-15-20(25)14-13-18(22)2/h4-15,24H,16H2,1-3H3,(H,26,28)/t24-/m0/s1. The van der Waals surface area contributed by atoms with Crippen molar-refractivity contribution >= 4 is 33.2 Å². The van der Waals surface area contributed by atoms with E-state index >= 15 is 0 Å². The number of hydrogen-bond acceptors (Lipinski definition) is 3. The Balaban J connectivity index is 1.94. The zero-order valence-corrected chi connectivity index (χ0v) is 19.2. The van der Waals surface area contributed by atoms with Crippen molar-refractivity contribution < 1.29 is 13.2 Å². The van der Waals surface area contributed by atoms with E-state index < -0.39 is 22.0 Å². The van der Waals surface area contributed by atoms with Gasteiger partial charge in [-0.2, -0.15) is 0 Å². The molecule has 3 rings (SSSR count). The molecule has 0 radical (unpaired) electrons. The molecule has 162 valence electrons. The quantitative estimate of drug-likeness (QED) is 0.563. The van der Waals surface area contributed by atoms with Crippen molar-refractivity contribution in [3.8, 4) is 0 Å². The highest BCUT2D eigenvalue weighted by molar-refractivity contribution is 7.92. The molecule has 0 aliphatic heterocycles. The van der Waals surface area contributed by atoms with E-state index in [2.05, 4.69) is 5.32 Å². The average Bonchev–Trinajstić information content (AvgIpc) is 2.73. The minimum Gasteiger partial charge on any atom is -0.344 e. The van der Waals surface area contributed by atoms with Gasteiger partial charge in [-0.15, -0.1) is 0 Å². The van der Waals surface area contributed by atoms with Gasteiger partial charge in [-0.1, -0.05) is 72.3 Å². The fourth-order valence-electron chi connectivity index (χ4n) is 3.47. The van der Waals surface area contributed by atoms with Gasteiger partial charge in [0.25, 0.3) is 0 Å². The summed E-state index contributed by atoms with van der Waals surface area (Å²) in [6.45, 7) is 3.41. The molecular weight excluding hydrogens is 432 g/mol. The van der Waals surface area contributed by atoms with Gasteiger partial charge in [0, 0.05) is 5.02 Å². The van der Waals surface area contributed by atoms with E-state index in [1.165, 1.54) is 0 Å². The van der Waals surface area contributed by atoms with E-state index in [1.54, 1.807) is 25.1 Å². The predicted octanol–water partition coefficient (Wildman–Crippen LogP) is 4.63. The molecule has 0 saturated carbocycles. The zero-order chi connectivity index (χ0) is 22.6. The van der Waals surface area contributed by atoms with Crippen LogP contribution in [0.15, 0.2) is 72.8 Å². The SMILES string of the molecule is Cc1ccccc1[C@@H](NC(=O)CN(c1cc(Cl)ccc1C)S(C)(=O)=O)c1ccccc1. The highest BCUT2D eigenvalue weighted by Gasteiger charge is 2.25. The second-order valence-electron chi connectivity index (χ2n) is 7.47. The monoisotopic (exact) mass is 456 g/mol. The molecule has 3 aromatic rings. The lowest BCUT2D eigenvalue weighted by Gasteiger charge is -2.26. The lowest BCUT2D eigenvalue weighted by atomic mass is 9.95. The zero-order valence-electron chi connectivity index (χ0n) is 17.7. The summed E-state index contributed by atoms with van der Waals surface area (Å²) in [5, 5.41) is 3.42. The summed E-state index contributed by atoms with van der Waals surface area (Å²) in [7, 11) is -3.71. The summed E-state index contributed by atoms with van der Waals surface area (Å²) in [5.41, 5.74) is 3.99. The summed E-state index contributed by atoms with van der Waals surface area (Å²) in [5.74, 6) is -0.415. The summed E-state index contributed by atoms with van der Waals surface area (Å²) in [4.78, 5) is 13.1. The van der Waals surface area contributed by atoms with Gasteiger partial charge in [-0.3, -0.25) is 9.10 Å². The topological polar surface area (TPSA) is 66.5 Å². The summed E-state index contributed by atoms with van der Waals surface area (Å²) in [6.07, 6.45) is 1.08. The number of anilines is 1. The van der Waals surface area contributed by atoms with E-state index in [0.717, 1.165) is 27.3 Å². The number of halogens is 1. The van der Waals surface area contributed by atoms with Gasteiger partial charge in [-0.05, 0) is 48.2 Å². The Morgan fingerprint density at radius 2 is 1.61 bits per heavy atom. The van der Waals surface area contributed by atoms with Crippen LogP contribution < -0.4 is 9.62 Å². The molecule has 1 amide bonds. The number of carbonyl (C=O) groups is 1. The first-order valence-electron chi connectivity index (χ1n) is 9.80. The molecule has 7 heteroatoms. The maximum absolute atomic E-state index is 13.1. The Kier molecular flexibility index (Phi) is 7.03. The molecule has 31 heavy (non-hydrogen) atoms. The Labute approximate surface area is 188 Å². The van der Waals surface area contributed by atoms with Crippen LogP contribution in [0.25, 0.3) is 0 Å². The van der Waals surface area contributed by atoms with Crippen LogP contribution in [-0.2, 0) is 14.8 Å². The molecule has 3 aromatic carbocycles. The fraction of sp³-hybridized carbons (Fsp3) is 0.208. The molecule has 0 unspecified atom stereocenters. The normalized spacial score (nSPS) is 12.3. The van der Waals surface area contributed by atoms with E-state index in [0.29, 0.717) is 16.3 Å². The van der Waals surface area contributed by atoms with Gasteiger partial charge in [0.1, 0.15) is 6.54 Å². The molecule has 5 nitrogen and oxygen atoms in total. The number of aryl methyl sites for hydroxylation is 2. The van der Waals surface area contributed by atoms with Crippen LogP contribution in [0, 0.1) is 13.8 Å². The highest BCUT2D eigenvalue weighted by atomic mass is 35.5. The smallest absolute Gasteiger partial charge is 0.241 e. The van der Waals surface area contributed by atoms with E-state index in [-0.39, 0.29) is 6.54 Å². The third-order valence-corrected chi connectivity index (χ3v) is 6.43. The van der Waals surface area contributed by atoms with E-state index in [4.69, 9.17) is 11.6 Å². The largest absolute Gasteiger partial charge is 0.344 e. The first-order valence-corrected chi connectivity index (χ1v) is 12.0. The third-order valence-electron chi connectivity index (χ3n) is 5.07. The second-order valence-corrected chi connectivity index (χ2v) is 9.81. The number of hydrogen-bond donors (Lipinski definition) is 1. The van der Waals surface area contributed by atoms with Crippen LogP contribution in [-0.4, -0.2) is 27.1 Å². The van der Waals surface area contributed by atoms with Crippen molar-refractivity contribution in [1.82, 2.24) is 5.32 Å². The highest BCUT2D eigenvalue weighted by Crippen LogP contribution is 2.27. The molecule has 1 atom stereocenters. The Bertz CT molecular complexity index is 1180. The first-order chi connectivity index (χ1) is 14.7. The molecule has 0 saturated heterocycles. The fourth-order valence-corrected chi connectivity index (χ4v) is 4.54. The molecule has 0 heterocycles. The van der Waals surface area contributed by atoms with Crippen molar-refractivity contribution in [2.75, 3.05) is 17.1 Å². The molecule has 0 aliphatic carbocycles. The van der Waals surface area contributed by atoms with Gasteiger partial charge >= 0.3 is 0 Å². The number of nitrogens with zero attached hydrogens (tertiary/aromatic N) is 1. The van der Waals surface area contributed by atoms with Crippen LogP contribution in [0.2, 0.25) is 5.02 Å². The predicted molar refractivity (Wildman–Crippen MR) is 126 cm³/mol. The molecule has 0 bridgehead atoms. The number of nitrogens with one attached hydrogen (secondary N) is 1. The van der Waals surface area contributed by atoms with Crippen molar-refractivity contribution in [1.29, 1.82) is 0 Å². The van der Waals surface area contributed by atoms with Crippen LogP contribution in [0.5, 0.6) is 0 Å². The first kappa shape index (κ1) is 22.8. The number of benzene rings is 3. The molecular formula is C24H25ClN2O3S. The Hall–Kier alpha value is -2.83. The van der Waals surface area contributed by atoms with Crippen molar-refractivity contribution in [3.63, 3.8) is 0 Å². The minimum atomic E-state index is -3.71. The van der Waals surface area contributed by atoms with E-state index in [1.807, 2.05) is 61.5 Å². The van der Waals surface area contributed by atoms with Crippen LogP contribution in [0.3, 0.4) is 0 Å². The van der Waals surface area contributed by atoms with Crippen molar-refractivity contribution in [2.24, 2.45) is 0 Å². The number of carbonyl (C=O) groups excluding carboxylic acids is 1. The maximum Gasteiger partial charge on any atom is 0.241 e. The van der Waals surface area contributed by atoms with Gasteiger partial charge in [-0.25, -0.2) is 8.42 Å².